The molecule has 0 aliphatic carbocycles. The van der Waals surface area contributed by atoms with Crippen LogP contribution in [0.3, 0.4) is 0 Å². The summed E-state index contributed by atoms with van der Waals surface area (Å²) in [5, 5.41) is 0. The van der Waals surface area contributed by atoms with E-state index in [-0.39, 0.29) is 18.5 Å². The zero-order valence-electron chi connectivity index (χ0n) is 14.3. The maximum absolute atomic E-state index is 6.35. The van der Waals surface area contributed by atoms with Gasteiger partial charge in [-0.2, -0.15) is 0 Å². The molecule has 0 spiro atoms. The zero-order chi connectivity index (χ0) is 15.2. The molecule has 2 heterocycles. The average molecular weight is 284 g/mol. The van der Waals surface area contributed by atoms with Gasteiger partial charge in [0.2, 0.25) is 0 Å². The SMILES string of the molecule is CC1O[C@H](O[C@]2(C)O[C@H](C)C(C)[C@H]2C)C(C)[C@H](C)[C@@H]1C. The molecular weight excluding hydrogens is 252 g/mol. The van der Waals surface area contributed by atoms with Gasteiger partial charge in [0.1, 0.15) is 0 Å². The van der Waals surface area contributed by atoms with Gasteiger partial charge in [0, 0.05) is 11.8 Å². The van der Waals surface area contributed by atoms with E-state index in [0.29, 0.717) is 29.6 Å². The van der Waals surface area contributed by atoms with E-state index in [9.17, 15) is 0 Å². The van der Waals surface area contributed by atoms with Gasteiger partial charge in [0.15, 0.2) is 12.1 Å². The monoisotopic (exact) mass is 284 g/mol. The second-order valence-electron chi connectivity index (χ2n) is 7.39. The van der Waals surface area contributed by atoms with Crippen molar-refractivity contribution in [1.82, 2.24) is 0 Å². The third-order valence-electron chi connectivity index (χ3n) is 6.30. The Kier molecular flexibility index (Phi) is 4.54. The number of ether oxygens (including phenoxy) is 3. The second-order valence-corrected chi connectivity index (χ2v) is 7.39. The van der Waals surface area contributed by atoms with E-state index in [2.05, 4.69) is 55.4 Å². The highest BCUT2D eigenvalue weighted by atomic mass is 16.8. The molecule has 3 nitrogen and oxygen atoms in total. The van der Waals surface area contributed by atoms with E-state index in [1.165, 1.54) is 0 Å². The summed E-state index contributed by atoms with van der Waals surface area (Å²) < 4.78 is 18.6. The minimum Gasteiger partial charge on any atom is -0.349 e. The average Bonchev–Trinajstić information content (AvgIpc) is 2.57. The molecule has 2 aliphatic rings. The summed E-state index contributed by atoms with van der Waals surface area (Å²) in [5.41, 5.74) is 0. The van der Waals surface area contributed by atoms with Crippen molar-refractivity contribution in [2.24, 2.45) is 29.6 Å². The molecule has 9 atom stereocenters. The van der Waals surface area contributed by atoms with Gasteiger partial charge in [-0.3, -0.25) is 0 Å². The number of hydrogen-bond donors (Lipinski definition) is 0. The summed E-state index contributed by atoms with van der Waals surface area (Å²) in [6.07, 6.45) is 0.310. The third kappa shape index (κ3) is 2.65. The Labute approximate surface area is 124 Å². The highest BCUT2D eigenvalue weighted by Gasteiger charge is 2.50. The summed E-state index contributed by atoms with van der Waals surface area (Å²) in [4.78, 5) is 0. The zero-order valence-corrected chi connectivity index (χ0v) is 14.3. The van der Waals surface area contributed by atoms with Gasteiger partial charge in [-0.05, 0) is 38.5 Å². The Morgan fingerprint density at radius 1 is 0.750 bits per heavy atom. The van der Waals surface area contributed by atoms with E-state index in [1.807, 2.05) is 0 Å². The maximum atomic E-state index is 6.35. The van der Waals surface area contributed by atoms with Crippen molar-refractivity contribution in [2.75, 3.05) is 0 Å². The molecule has 0 aromatic rings. The van der Waals surface area contributed by atoms with E-state index in [1.54, 1.807) is 0 Å². The summed E-state index contributed by atoms with van der Waals surface area (Å²) in [6.45, 7) is 17.6. The smallest absolute Gasteiger partial charge is 0.171 e. The van der Waals surface area contributed by atoms with Gasteiger partial charge in [0.05, 0.1) is 12.2 Å². The van der Waals surface area contributed by atoms with Crippen LogP contribution in [0.5, 0.6) is 0 Å². The first-order valence-corrected chi connectivity index (χ1v) is 8.18. The normalized spacial score (nSPS) is 57.0. The van der Waals surface area contributed by atoms with Gasteiger partial charge < -0.3 is 14.2 Å². The lowest BCUT2D eigenvalue weighted by Crippen LogP contribution is -2.49. The minimum atomic E-state index is -0.530. The summed E-state index contributed by atoms with van der Waals surface area (Å²) in [6, 6.07) is 0. The molecule has 0 aromatic heterocycles. The van der Waals surface area contributed by atoms with Crippen molar-refractivity contribution in [2.45, 2.75) is 79.7 Å². The van der Waals surface area contributed by atoms with Crippen LogP contribution in [0.15, 0.2) is 0 Å². The van der Waals surface area contributed by atoms with Crippen LogP contribution in [0.25, 0.3) is 0 Å². The van der Waals surface area contributed by atoms with Crippen molar-refractivity contribution in [3.05, 3.63) is 0 Å². The predicted octanol–water partition coefficient (Wildman–Crippen LogP) is 4.06. The fourth-order valence-corrected chi connectivity index (χ4v) is 3.58. The molecule has 3 heteroatoms. The first-order chi connectivity index (χ1) is 9.17. The molecule has 0 N–H and O–H groups in total. The van der Waals surface area contributed by atoms with Crippen LogP contribution < -0.4 is 0 Å². The van der Waals surface area contributed by atoms with Gasteiger partial charge in [-0.1, -0.05) is 34.6 Å². The van der Waals surface area contributed by atoms with Gasteiger partial charge in [0.25, 0.3) is 0 Å². The lowest BCUT2D eigenvalue weighted by molar-refractivity contribution is -0.343. The Hall–Kier alpha value is -0.120. The summed E-state index contributed by atoms with van der Waals surface area (Å²) in [7, 11) is 0. The molecule has 2 fully saturated rings. The minimum absolute atomic E-state index is 0.166. The molecule has 0 bridgehead atoms. The van der Waals surface area contributed by atoms with Crippen molar-refractivity contribution < 1.29 is 14.2 Å². The Morgan fingerprint density at radius 2 is 1.35 bits per heavy atom. The molecular formula is C17H32O3. The molecule has 118 valence electrons. The number of rotatable bonds is 2. The van der Waals surface area contributed by atoms with Crippen molar-refractivity contribution in [3.8, 4) is 0 Å². The molecule has 0 saturated carbocycles. The Morgan fingerprint density at radius 3 is 1.85 bits per heavy atom. The fraction of sp³-hybridized carbons (Fsp3) is 1.00. The van der Waals surface area contributed by atoms with Crippen LogP contribution in [0.1, 0.15) is 55.4 Å². The van der Waals surface area contributed by atoms with Crippen molar-refractivity contribution >= 4 is 0 Å². The lowest BCUT2D eigenvalue weighted by Gasteiger charge is -2.45. The first kappa shape index (κ1) is 16.3. The topological polar surface area (TPSA) is 27.7 Å². The number of hydrogen-bond acceptors (Lipinski definition) is 3. The van der Waals surface area contributed by atoms with E-state index in [0.717, 1.165) is 0 Å². The Balaban J connectivity index is 2.09. The molecule has 2 aliphatic heterocycles. The summed E-state index contributed by atoms with van der Waals surface area (Å²) >= 11 is 0. The van der Waals surface area contributed by atoms with Crippen LogP contribution >= 0.6 is 0 Å². The van der Waals surface area contributed by atoms with Crippen LogP contribution in [-0.4, -0.2) is 24.3 Å². The van der Waals surface area contributed by atoms with Crippen LogP contribution in [0, 0.1) is 29.6 Å². The van der Waals surface area contributed by atoms with Crippen LogP contribution in [0.4, 0.5) is 0 Å². The molecule has 0 amide bonds. The summed E-state index contributed by atoms with van der Waals surface area (Å²) in [5.74, 6) is 1.90. The molecule has 0 radical (unpaired) electrons. The standard InChI is InChI=1S/C17H32O3/c1-9-10(2)14(6)18-16(11(9)3)20-17(8)13(5)12(4)15(7)19-17/h9-16H,1-8H3/t9-,10+,11?,12?,13-,14?,15-,16-,17+/m1/s1. The maximum Gasteiger partial charge on any atom is 0.171 e. The van der Waals surface area contributed by atoms with Gasteiger partial charge in [-0.15, -0.1) is 0 Å². The van der Waals surface area contributed by atoms with E-state index in [4.69, 9.17) is 14.2 Å². The molecule has 2 saturated heterocycles. The van der Waals surface area contributed by atoms with E-state index < -0.39 is 5.79 Å². The van der Waals surface area contributed by atoms with E-state index >= 15 is 0 Å². The largest absolute Gasteiger partial charge is 0.349 e. The Bertz CT molecular complexity index is 345. The van der Waals surface area contributed by atoms with Crippen LogP contribution in [0.2, 0.25) is 0 Å². The highest BCUT2D eigenvalue weighted by Crippen LogP contribution is 2.44. The quantitative estimate of drug-likeness (QED) is 0.765. The lowest BCUT2D eigenvalue weighted by atomic mass is 9.79. The van der Waals surface area contributed by atoms with Crippen LogP contribution in [-0.2, 0) is 14.2 Å². The van der Waals surface area contributed by atoms with Crippen molar-refractivity contribution in [3.63, 3.8) is 0 Å². The molecule has 3 unspecified atom stereocenters. The second kappa shape index (κ2) is 5.58. The third-order valence-corrected chi connectivity index (χ3v) is 6.30. The highest BCUT2D eigenvalue weighted by molar-refractivity contribution is 4.89. The molecule has 2 rings (SSSR count). The van der Waals surface area contributed by atoms with Gasteiger partial charge in [-0.25, -0.2) is 0 Å². The van der Waals surface area contributed by atoms with Crippen molar-refractivity contribution in [1.29, 1.82) is 0 Å². The molecule has 0 aromatic carbocycles. The fourth-order valence-electron chi connectivity index (χ4n) is 3.58. The predicted molar refractivity (Wildman–Crippen MR) is 80.2 cm³/mol. The van der Waals surface area contributed by atoms with Gasteiger partial charge >= 0.3 is 0 Å². The first-order valence-electron chi connectivity index (χ1n) is 8.18. The molecule has 20 heavy (non-hydrogen) atoms.